The van der Waals surface area contributed by atoms with Gasteiger partial charge in [-0.15, -0.1) is 0 Å². The Labute approximate surface area is 174 Å². The number of aromatic nitrogens is 3. The van der Waals surface area contributed by atoms with Crippen LogP contribution in [0.2, 0.25) is 0 Å². The summed E-state index contributed by atoms with van der Waals surface area (Å²) in [6.07, 6.45) is 1.93. The Hall–Kier alpha value is -3.61. The molecule has 1 aliphatic rings. The molecule has 5 rings (SSSR count). The van der Waals surface area contributed by atoms with Gasteiger partial charge in [0.1, 0.15) is 11.5 Å². The SMILES string of the molecule is Cc1ccccc1-c1cc(NC(=O)N2CCC[C@H](c3nc4ccccc4[nH]3)C2)on1. The number of aromatic amines is 1. The van der Waals surface area contributed by atoms with E-state index in [-0.39, 0.29) is 11.9 Å². The number of fused-ring (bicyclic) bond motifs is 1. The number of urea groups is 1. The van der Waals surface area contributed by atoms with Crippen LogP contribution in [0.3, 0.4) is 0 Å². The minimum absolute atomic E-state index is 0.178. The molecule has 0 unspecified atom stereocenters. The maximum absolute atomic E-state index is 12.8. The maximum Gasteiger partial charge on any atom is 0.324 e. The van der Waals surface area contributed by atoms with Crippen LogP contribution in [0.4, 0.5) is 10.7 Å². The molecule has 2 amide bonds. The highest BCUT2D eigenvalue weighted by molar-refractivity contribution is 5.88. The average molecular weight is 401 g/mol. The number of nitrogens with one attached hydrogen (secondary N) is 2. The van der Waals surface area contributed by atoms with Crippen LogP contribution in [-0.2, 0) is 0 Å². The van der Waals surface area contributed by atoms with E-state index in [4.69, 9.17) is 9.51 Å². The summed E-state index contributed by atoms with van der Waals surface area (Å²) >= 11 is 0. The van der Waals surface area contributed by atoms with Crippen molar-refractivity contribution in [3.63, 3.8) is 0 Å². The van der Waals surface area contributed by atoms with Crippen LogP contribution in [0.1, 0.15) is 30.1 Å². The van der Waals surface area contributed by atoms with E-state index in [0.29, 0.717) is 24.7 Å². The number of benzene rings is 2. The number of likely N-dealkylation sites (tertiary alicyclic amines) is 1. The number of para-hydroxylation sites is 2. The summed E-state index contributed by atoms with van der Waals surface area (Å²) in [5, 5.41) is 6.96. The quantitative estimate of drug-likeness (QED) is 0.509. The molecule has 1 fully saturated rings. The largest absolute Gasteiger partial charge is 0.342 e. The van der Waals surface area contributed by atoms with Crippen molar-refractivity contribution in [2.24, 2.45) is 0 Å². The lowest BCUT2D eigenvalue weighted by atomic mass is 9.97. The number of amides is 2. The van der Waals surface area contributed by atoms with Gasteiger partial charge in [0.15, 0.2) is 0 Å². The second kappa shape index (κ2) is 7.67. The van der Waals surface area contributed by atoms with E-state index in [1.807, 2.05) is 60.4 Å². The molecule has 4 aromatic rings. The van der Waals surface area contributed by atoms with Gasteiger partial charge >= 0.3 is 6.03 Å². The Morgan fingerprint density at radius 2 is 2.03 bits per heavy atom. The first-order valence-corrected chi connectivity index (χ1v) is 10.2. The molecule has 2 N–H and O–H groups in total. The number of hydrogen-bond acceptors (Lipinski definition) is 4. The van der Waals surface area contributed by atoms with Crippen molar-refractivity contribution >= 4 is 22.9 Å². The highest BCUT2D eigenvalue weighted by Crippen LogP contribution is 2.28. The van der Waals surface area contributed by atoms with Crippen molar-refractivity contribution in [1.82, 2.24) is 20.0 Å². The van der Waals surface area contributed by atoms with Crippen LogP contribution in [0.15, 0.2) is 59.1 Å². The molecule has 2 aromatic carbocycles. The number of nitrogens with zero attached hydrogens (tertiary/aromatic N) is 3. The molecule has 1 atom stereocenters. The fraction of sp³-hybridized carbons (Fsp3) is 0.261. The molecule has 0 saturated carbocycles. The van der Waals surface area contributed by atoms with E-state index in [9.17, 15) is 4.79 Å². The molecule has 2 aromatic heterocycles. The summed E-state index contributed by atoms with van der Waals surface area (Å²) in [6.45, 7) is 3.35. The number of aryl methyl sites for hydroxylation is 1. The number of anilines is 1. The molecular weight excluding hydrogens is 378 g/mol. The van der Waals surface area contributed by atoms with Crippen LogP contribution in [0.25, 0.3) is 22.3 Å². The second-order valence-corrected chi connectivity index (χ2v) is 7.75. The number of imidazole rings is 1. The summed E-state index contributed by atoms with van der Waals surface area (Å²) in [4.78, 5) is 22.8. The molecule has 0 bridgehead atoms. The lowest BCUT2D eigenvalue weighted by Gasteiger charge is -2.31. The van der Waals surface area contributed by atoms with Crippen LogP contribution in [0.5, 0.6) is 0 Å². The lowest BCUT2D eigenvalue weighted by Crippen LogP contribution is -2.41. The zero-order valence-electron chi connectivity index (χ0n) is 16.8. The summed E-state index contributed by atoms with van der Waals surface area (Å²) in [5.41, 5.74) is 4.79. The van der Waals surface area contributed by atoms with Gasteiger partial charge < -0.3 is 14.4 Å². The van der Waals surface area contributed by atoms with E-state index >= 15 is 0 Å². The van der Waals surface area contributed by atoms with Crippen molar-refractivity contribution in [2.45, 2.75) is 25.7 Å². The van der Waals surface area contributed by atoms with E-state index < -0.39 is 0 Å². The lowest BCUT2D eigenvalue weighted by molar-refractivity contribution is 0.190. The van der Waals surface area contributed by atoms with Gasteiger partial charge in [-0.2, -0.15) is 0 Å². The zero-order valence-corrected chi connectivity index (χ0v) is 16.8. The number of rotatable bonds is 3. The molecule has 1 aliphatic heterocycles. The van der Waals surface area contributed by atoms with Crippen molar-refractivity contribution < 1.29 is 9.32 Å². The van der Waals surface area contributed by atoms with E-state index in [1.54, 1.807) is 6.07 Å². The van der Waals surface area contributed by atoms with Gasteiger partial charge in [0.25, 0.3) is 0 Å². The van der Waals surface area contributed by atoms with Gasteiger partial charge in [0.05, 0.1) is 11.0 Å². The Morgan fingerprint density at radius 1 is 1.20 bits per heavy atom. The molecule has 0 aliphatic carbocycles. The second-order valence-electron chi connectivity index (χ2n) is 7.75. The highest BCUT2D eigenvalue weighted by Gasteiger charge is 2.27. The van der Waals surface area contributed by atoms with Gasteiger partial charge in [-0.05, 0) is 37.5 Å². The predicted molar refractivity (Wildman–Crippen MR) is 115 cm³/mol. The van der Waals surface area contributed by atoms with E-state index in [1.165, 1.54) is 0 Å². The van der Waals surface area contributed by atoms with Crippen LogP contribution in [-0.4, -0.2) is 39.1 Å². The molecule has 152 valence electrons. The van der Waals surface area contributed by atoms with Crippen molar-refractivity contribution in [3.8, 4) is 11.3 Å². The van der Waals surface area contributed by atoms with Crippen LogP contribution < -0.4 is 5.32 Å². The monoisotopic (exact) mass is 401 g/mol. The molecule has 1 saturated heterocycles. The summed E-state index contributed by atoms with van der Waals surface area (Å²) in [6, 6.07) is 17.5. The first-order valence-electron chi connectivity index (χ1n) is 10.2. The maximum atomic E-state index is 12.8. The third-order valence-electron chi connectivity index (χ3n) is 5.66. The number of hydrogen-bond donors (Lipinski definition) is 2. The standard InChI is InChI=1S/C23H23N5O2/c1-15-7-2-3-9-17(15)20-13-21(30-27-20)26-23(29)28-12-6-8-16(14-28)22-24-18-10-4-5-11-19(18)25-22/h2-5,7,9-11,13,16H,6,8,12,14H2,1H3,(H,24,25)(H,26,29)/t16-/m0/s1. The summed E-state index contributed by atoms with van der Waals surface area (Å²) < 4.78 is 5.36. The molecule has 7 heteroatoms. The number of piperidine rings is 1. The number of H-pyrrole nitrogens is 1. The molecular formula is C23H23N5O2. The minimum atomic E-state index is -0.178. The van der Waals surface area contributed by atoms with Gasteiger partial charge in [-0.1, -0.05) is 41.6 Å². The van der Waals surface area contributed by atoms with Gasteiger partial charge in [-0.3, -0.25) is 5.32 Å². The van der Waals surface area contributed by atoms with E-state index in [0.717, 1.165) is 40.8 Å². The normalized spacial score (nSPS) is 16.7. The molecule has 0 spiro atoms. The molecule has 7 nitrogen and oxygen atoms in total. The first kappa shape index (κ1) is 18.4. The number of carbonyl (C=O) groups is 1. The smallest absolute Gasteiger partial charge is 0.324 e. The van der Waals surface area contributed by atoms with Gasteiger partial charge in [-0.25, -0.2) is 9.78 Å². The fourth-order valence-electron chi connectivity index (χ4n) is 4.06. The Kier molecular flexibility index (Phi) is 4.71. The highest BCUT2D eigenvalue weighted by atomic mass is 16.5. The third-order valence-corrected chi connectivity index (χ3v) is 5.66. The van der Waals surface area contributed by atoms with Crippen LogP contribution >= 0.6 is 0 Å². The number of carbonyl (C=O) groups excluding carboxylic acids is 1. The van der Waals surface area contributed by atoms with Gasteiger partial charge in [0, 0.05) is 30.6 Å². The predicted octanol–water partition coefficient (Wildman–Crippen LogP) is 4.94. The topological polar surface area (TPSA) is 87.0 Å². The third kappa shape index (κ3) is 3.54. The van der Waals surface area contributed by atoms with Crippen LogP contribution in [0, 0.1) is 6.92 Å². The van der Waals surface area contributed by atoms with Gasteiger partial charge in [0.2, 0.25) is 5.88 Å². The Balaban J connectivity index is 1.28. The Morgan fingerprint density at radius 3 is 2.90 bits per heavy atom. The average Bonchev–Trinajstić information content (AvgIpc) is 3.41. The van der Waals surface area contributed by atoms with Crippen molar-refractivity contribution in [2.75, 3.05) is 18.4 Å². The van der Waals surface area contributed by atoms with Crippen molar-refractivity contribution in [1.29, 1.82) is 0 Å². The summed E-state index contributed by atoms with van der Waals surface area (Å²) in [5.74, 6) is 1.48. The Bertz CT molecular complexity index is 1160. The fourth-order valence-corrected chi connectivity index (χ4v) is 4.06. The molecule has 30 heavy (non-hydrogen) atoms. The molecule has 3 heterocycles. The first-order chi connectivity index (χ1) is 14.7. The summed E-state index contributed by atoms with van der Waals surface area (Å²) in [7, 11) is 0. The molecule has 0 radical (unpaired) electrons. The van der Waals surface area contributed by atoms with Crippen molar-refractivity contribution in [3.05, 3.63) is 66.0 Å². The minimum Gasteiger partial charge on any atom is -0.342 e. The van der Waals surface area contributed by atoms with E-state index in [2.05, 4.69) is 15.5 Å². The zero-order chi connectivity index (χ0) is 20.5.